The van der Waals surface area contributed by atoms with Gasteiger partial charge in [-0.15, -0.1) is 11.3 Å². The number of nitrogens with zero attached hydrogens (tertiary/aromatic N) is 3. The van der Waals surface area contributed by atoms with Crippen molar-refractivity contribution in [2.75, 3.05) is 19.6 Å². The van der Waals surface area contributed by atoms with E-state index in [4.69, 9.17) is 0 Å². The van der Waals surface area contributed by atoms with Crippen molar-refractivity contribution in [2.45, 2.75) is 33.7 Å². The van der Waals surface area contributed by atoms with E-state index in [0.29, 0.717) is 25.2 Å². The lowest BCUT2D eigenvalue weighted by Gasteiger charge is -2.37. The topological polar surface area (TPSA) is 70.6 Å². The molecule has 1 saturated heterocycles. The quantitative estimate of drug-likeness (QED) is 0.400. The number of ketones is 1. The monoisotopic (exact) mass is 465 g/mol. The number of benzene rings is 2. The van der Waals surface area contributed by atoms with Crippen molar-refractivity contribution >= 4 is 29.4 Å². The van der Waals surface area contributed by atoms with E-state index in [9.17, 15) is 14.4 Å². The SMILES string of the molecule is CC.CC(=O)c1ccc(-c2nccs2)cc1.CC1CN(C(=O)c2ccccc2)CCN1C=O. The van der Waals surface area contributed by atoms with Crippen LogP contribution in [0.2, 0.25) is 0 Å². The van der Waals surface area contributed by atoms with Crippen LogP contribution in [0.3, 0.4) is 0 Å². The molecule has 0 N–H and O–H groups in total. The number of carbonyl (C=O) groups is 3. The van der Waals surface area contributed by atoms with Crippen molar-refractivity contribution in [3.8, 4) is 10.6 Å². The maximum atomic E-state index is 12.2. The maximum absolute atomic E-state index is 12.2. The van der Waals surface area contributed by atoms with Gasteiger partial charge in [0.05, 0.1) is 0 Å². The van der Waals surface area contributed by atoms with Gasteiger partial charge in [-0.3, -0.25) is 14.4 Å². The lowest BCUT2D eigenvalue weighted by Crippen LogP contribution is -2.52. The Morgan fingerprint density at radius 3 is 2.18 bits per heavy atom. The van der Waals surface area contributed by atoms with Crippen molar-refractivity contribution in [1.29, 1.82) is 0 Å². The summed E-state index contributed by atoms with van der Waals surface area (Å²) in [5, 5.41) is 2.92. The van der Waals surface area contributed by atoms with Crippen LogP contribution in [-0.2, 0) is 4.79 Å². The Morgan fingerprint density at radius 1 is 1.00 bits per heavy atom. The smallest absolute Gasteiger partial charge is 0.253 e. The Labute approximate surface area is 199 Å². The minimum atomic E-state index is 0.0444. The molecule has 1 atom stereocenters. The molecular formula is C26H31N3O3S. The predicted octanol–water partition coefficient (Wildman–Crippen LogP) is 5.03. The zero-order valence-corrected chi connectivity index (χ0v) is 20.4. The molecule has 0 saturated carbocycles. The van der Waals surface area contributed by atoms with Crippen molar-refractivity contribution in [3.05, 3.63) is 77.3 Å². The van der Waals surface area contributed by atoms with Crippen molar-refractivity contribution < 1.29 is 14.4 Å². The van der Waals surface area contributed by atoms with E-state index in [2.05, 4.69) is 4.98 Å². The third kappa shape index (κ3) is 7.36. The highest BCUT2D eigenvalue weighted by molar-refractivity contribution is 7.13. The highest BCUT2D eigenvalue weighted by Gasteiger charge is 2.26. The van der Waals surface area contributed by atoms with Gasteiger partial charge in [0.15, 0.2) is 5.78 Å². The zero-order chi connectivity index (χ0) is 24.2. The second-order valence-electron chi connectivity index (χ2n) is 7.28. The molecule has 1 fully saturated rings. The molecule has 1 aliphatic rings. The average molecular weight is 466 g/mol. The van der Waals surface area contributed by atoms with Crippen LogP contribution in [0.15, 0.2) is 66.2 Å². The molecule has 1 unspecified atom stereocenters. The largest absolute Gasteiger partial charge is 0.339 e. The van der Waals surface area contributed by atoms with Crippen LogP contribution >= 0.6 is 11.3 Å². The van der Waals surface area contributed by atoms with Crippen LogP contribution < -0.4 is 0 Å². The molecule has 1 aromatic heterocycles. The third-order valence-corrected chi connectivity index (χ3v) is 5.92. The molecule has 0 spiro atoms. The standard InChI is InChI=1S/C13H16N2O2.C11H9NOS.C2H6/c1-11-9-14(7-8-15(11)10-16)13(17)12-5-3-2-4-6-12;1-8(13)9-2-4-10(5-3-9)11-12-6-7-14-11;1-2/h2-6,10-11H,7-9H2,1H3;2-7H,1H3;1-2H3. The molecule has 2 amide bonds. The maximum Gasteiger partial charge on any atom is 0.253 e. The second-order valence-corrected chi connectivity index (χ2v) is 8.17. The molecule has 33 heavy (non-hydrogen) atoms. The van der Waals surface area contributed by atoms with Gasteiger partial charge < -0.3 is 9.80 Å². The first-order valence-corrected chi connectivity index (χ1v) is 11.9. The molecule has 174 valence electrons. The zero-order valence-electron chi connectivity index (χ0n) is 19.6. The molecule has 6 nitrogen and oxygen atoms in total. The Kier molecular flexibility index (Phi) is 10.4. The summed E-state index contributed by atoms with van der Waals surface area (Å²) in [6.07, 6.45) is 2.63. The normalized spacial score (nSPS) is 14.8. The van der Waals surface area contributed by atoms with Crippen LogP contribution in [0.5, 0.6) is 0 Å². The average Bonchev–Trinajstić information content (AvgIpc) is 3.41. The summed E-state index contributed by atoms with van der Waals surface area (Å²) in [5.74, 6) is 0.138. The minimum absolute atomic E-state index is 0.0444. The molecule has 3 aromatic rings. The first-order valence-electron chi connectivity index (χ1n) is 11.1. The summed E-state index contributed by atoms with van der Waals surface area (Å²) >= 11 is 1.59. The van der Waals surface area contributed by atoms with Gasteiger partial charge in [-0.1, -0.05) is 56.3 Å². The lowest BCUT2D eigenvalue weighted by atomic mass is 10.1. The molecule has 0 bridgehead atoms. The van der Waals surface area contributed by atoms with Gasteiger partial charge in [0.1, 0.15) is 5.01 Å². The molecule has 2 aromatic carbocycles. The van der Waals surface area contributed by atoms with Gasteiger partial charge in [0.2, 0.25) is 6.41 Å². The number of piperazine rings is 1. The van der Waals surface area contributed by atoms with E-state index >= 15 is 0 Å². The van der Waals surface area contributed by atoms with Gasteiger partial charge in [-0.25, -0.2) is 4.98 Å². The fraction of sp³-hybridized carbons (Fsp3) is 0.308. The first-order chi connectivity index (χ1) is 16.0. The Bertz CT molecular complexity index is 1010. The van der Waals surface area contributed by atoms with E-state index in [0.717, 1.165) is 22.5 Å². The number of hydrogen-bond donors (Lipinski definition) is 0. The van der Waals surface area contributed by atoms with Gasteiger partial charge in [0.25, 0.3) is 5.91 Å². The summed E-state index contributed by atoms with van der Waals surface area (Å²) in [5.41, 5.74) is 2.51. The highest BCUT2D eigenvalue weighted by Crippen LogP contribution is 2.21. The van der Waals surface area contributed by atoms with Crippen LogP contribution in [0.25, 0.3) is 10.6 Å². The number of hydrogen-bond acceptors (Lipinski definition) is 5. The van der Waals surface area contributed by atoms with Gasteiger partial charge in [-0.2, -0.15) is 0 Å². The number of thiazole rings is 1. The molecule has 1 aliphatic heterocycles. The van der Waals surface area contributed by atoms with E-state index in [-0.39, 0.29) is 17.7 Å². The third-order valence-electron chi connectivity index (χ3n) is 5.09. The number of Topliss-reactive ketones (excluding diaryl/α,β-unsaturated/α-hetero) is 1. The number of amides is 2. The Morgan fingerprint density at radius 2 is 1.67 bits per heavy atom. The number of rotatable bonds is 4. The van der Waals surface area contributed by atoms with E-state index < -0.39 is 0 Å². The first kappa shape index (κ1) is 25.9. The molecule has 2 heterocycles. The van der Waals surface area contributed by atoms with E-state index in [1.54, 1.807) is 34.3 Å². The van der Waals surface area contributed by atoms with Crippen molar-refractivity contribution in [3.63, 3.8) is 0 Å². The van der Waals surface area contributed by atoms with E-state index in [1.165, 1.54) is 0 Å². The van der Waals surface area contributed by atoms with Gasteiger partial charge in [0, 0.05) is 53.9 Å². The Hall–Kier alpha value is -3.32. The summed E-state index contributed by atoms with van der Waals surface area (Å²) in [6.45, 7) is 9.35. The van der Waals surface area contributed by atoms with Crippen LogP contribution in [0, 0.1) is 0 Å². The van der Waals surface area contributed by atoms with Crippen molar-refractivity contribution in [2.24, 2.45) is 0 Å². The molecule has 0 radical (unpaired) electrons. The Balaban J connectivity index is 0.000000221. The van der Waals surface area contributed by atoms with Crippen LogP contribution in [0.1, 0.15) is 48.4 Å². The fourth-order valence-electron chi connectivity index (χ4n) is 3.29. The number of carbonyl (C=O) groups excluding carboxylic acids is 3. The summed E-state index contributed by atoms with van der Waals surface area (Å²) in [4.78, 5) is 41.7. The van der Waals surface area contributed by atoms with Gasteiger partial charge >= 0.3 is 0 Å². The lowest BCUT2D eigenvalue weighted by molar-refractivity contribution is -0.121. The molecule has 7 heteroatoms. The molecule has 4 rings (SSSR count). The summed E-state index contributed by atoms with van der Waals surface area (Å²) < 4.78 is 0. The molecule has 0 aliphatic carbocycles. The number of aromatic nitrogens is 1. The van der Waals surface area contributed by atoms with Crippen LogP contribution in [0.4, 0.5) is 0 Å². The van der Waals surface area contributed by atoms with Gasteiger partial charge in [-0.05, 0) is 26.0 Å². The van der Waals surface area contributed by atoms with Crippen LogP contribution in [-0.4, -0.2) is 58.6 Å². The highest BCUT2D eigenvalue weighted by atomic mass is 32.1. The second kappa shape index (κ2) is 13.3. The minimum Gasteiger partial charge on any atom is -0.339 e. The predicted molar refractivity (Wildman–Crippen MR) is 133 cm³/mol. The van der Waals surface area contributed by atoms with E-state index in [1.807, 2.05) is 80.7 Å². The summed E-state index contributed by atoms with van der Waals surface area (Å²) in [7, 11) is 0. The van der Waals surface area contributed by atoms with Crippen molar-refractivity contribution in [1.82, 2.24) is 14.8 Å². The molecular weight excluding hydrogens is 434 g/mol. The summed E-state index contributed by atoms with van der Waals surface area (Å²) in [6, 6.07) is 16.9. The fourth-order valence-corrected chi connectivity index (χ4v) is 3.93.